The van der Waals surface area contributed by atoms with E-state index in [0.717, 1.165) is 5.56 Å². The summed E-state index contributed by atoms with van der Waals surface area (Å²) in [7, 11) is 0. The molecule has 1 aromatic carbocycles. The maximum atomic E-state index is 11.8. The van der Waals surface area contributed by atoms with Crippen molar-refractivity contribution in [3.63, 3.8) is 0 Å². The molecule has 0 aliphatic carbocycles. The van der Waals surface area contributed by atoms with Gasteiger partial charge in [-0.3, -0.25) is 4.79 Å². The molecule has 17 heavy (non-hydrogen) atoms. The number of nitriles is 1. The van der Waals surface area contributed by atoms with Crippen LogP contribution in [0.5, 0.6) is 0 Å². The van der Waals surface area contributed by atoms with Crippen molar-refractivity contribution in [3.05, 3.63) is 35.9 Å². The Balaban J connectivity index is 2.44. The number of hydrogen-bond acceptors (Lipinski definition) is 3. The molecular weight excluding hydrogens is 216 g/mol. The highest BCUT2D eigenvalue weighted by atomic mass is 16.3. The standard InChI is InChI=1S/C13H14N2O2/c14-10-13(11-4-2-1-3-5-11)7-6-12(17)15(13)8-9-16/h1-5,16H,6-9H2/t13-/m0/s1. The topological polar surface area (TPSA) is 64.3 Å². The van der Waals surface area contributed by atoms with Crippen molar-refractivity contribution in [2.75, 3.05) is 13.2 Å². The zero-order valence-electron chi connectivity index (χ0n) is 9.47. The van der Waals surface area contributed by atoms with Crippen molar-refractivity contribution in [2.24, 2.45) is 0 Å². The molecule has 0 aromatic heterocycles. The SMILES string of the molecule is N#C[C@]1(c2ccccc2)CCC(=O)N1CCO. The first kappa shape index (κ1) is 11.6. The third-order valence-electron chi connectivity index (χ3n) is 3.22. The number of β-amino-alcohol motifs (C(OH)–C–C–N with tert-alkyl or cyclic N) is 1. The Labute approximate surface area is 100 Å². The van der Waals surface area contributed by atoms with Gasteiger partial charge in [0.1, 0.15) is 0 Å². The number of aliphatic hydroxyl groups excluding tert-OH is 1. The number of hydrogen-bond donors (Lipinski definition) is 1. The summed E-state index contributed by atoms with van der Waals surface area (Å²) in [5, 5.41) is 18.5. The fourth-order valence-corrected chi connectivity index (χ4v) is 2.38. The Morgan fingerprint density at radius 3 is 2.71 bits per heavy atom. The highest BCUT2D eigenvalue weighted by Crippen LogP contribution is 2.38. The number of carbonyl (C=O) groups excluding carboxylic acids is 1. The van der Waals surface area contributed by atoms with Crippen molar-refractivity contribution in [1.29, 1.82) is 5.26 Å². The molecule has 1 heterocycles. The van der Waals surface area contributed by atoms with Gasteiger partial charge in [0.2, 0.25) is 5.91 Å². The number of carbonyl (C=O) groups is 1. The largest absolute Gasteiger partial charge is 0.395 e. The lowest BCUT2D eigenvalue weighted by atomic mass is 9.89. The van der Waals surface area contributed by atoms with Gasteiger partial charge in [0.05, 0.1) is 12.7 Å². The Hall–Kier alpha value is -1.86. The summed E-state index contributed by atoms with van der Waals surface area (Å²) in [6.07, 6.45) is 0.856. The second kappa shape index (κ2) is 4.56. The van der Waals surface area contributed by atoms with Gasteiger partial charge >= 0.3 is 0 Å². The van der Waals surface area contributed by atoms with E-state index in [1.807, 2.05) is 30.3 Å². The van der Waals surface area contributed by atoms with Crippen LogP contribution in [0.25, 0.3) is 0 Å². The van der Waals surface area contributed by atoms with Crippen LogP contribution in [0.15, 0.2) is 30.3 Å². The molecule has 1 amide bonds. The summed E-state index contributed by atoms with van der Waals surface area (Å²) < 4.78 is 0. The lowest BCUT2D eigenvalue weighted by Gasteiger charge is -2.32. The highest BCUT2D eigenvalue weighted by molar-refractivity contribution is 5.81. The molecule has 1 aromatic rings. The molecule has 4 heteroatoms. The summed E-state index contributed by atoms with van der Waals surface area (Å²) in [5.74, 6) is -0.0653. The molecule has 1 atom stereocenters. The van der Waals surface area contributed by atoms with Crippen LogP contribution in [0.2, 0.25) is 0 Å². The minimum atomic E-state index is -0.902. The molecule has 0 spiro atoms. The molecule has 1 saturated heterocycles. The van der Waals surface area contributed by atoms with E-state index >= 15 is 0 Å². The summed E-state index contributed by atoms with van der Waals surface area (Å²) in [6, 6.07) is 11.5. The van der Waals surface area contributed by atoms with Crippen LogP contribution in [0, 0.1) is 11.3 Å². The molecule has 1 aliphatic rings. The lowest BCUT2D eigenvalue weighted by Crippen LogP contribution is -2.43. The first-order chi connectivity index (χ1) is 8.24. The number of rotatable bonds is 3. The van der Waals surface area contributed by atoms with Gasteiger partial charge in [-0.2, -0.15) is 5.26 Å². The minimum Gasteiger partial charge on any atom is -0.395 e. The molecule has 4 nitrogen and oxygen atoms in total. The zero-order valence-corrected chi connectivity index (χ0v) is 9.47. The van der Waals surface area contributed by atoms with Crippen molar-refractivity contribution in [3.8, 4) is 6.07 Å². The second-order valence-electron chi connectivity index (χ2n) is 4.11. The van der Waals surface area contributed by atoms with Gasteiger partial charge in [-0.05, 0) is 12.0 Å². The molecule has 1 fully saturated rings. The Kier molecular flexibility index (Phi) is 3.12. The Morgan fingerprint density at radius 1 is 1.41 bits per heavy atom. The maximum Gasteiger partial charge on any atom is 0.224 e. The Morgan fingerprint density at radius 2 is 2.12 bits per heavy atom. The lowest BCUT2D eigenvalue weighted by molar-refractivity contribution is -0.130. The second-order valence-corrected chi connectivity index (χ2v) is 4.11. The van der Waals surface area contributed by atoms with Crippen LogP contribution in [-0.2, 0) is 10.3 Å². The molecule has 1 N–H and O–H groups in total. The third-order valence-corrected chi connectivity index (χ3v) is 3.22. The molecule has 0 saturated carbocycles. The quantitative estimate of drug-likeness (QED) is 0.843. The first-order valence-corrected chi connectivity index (χ1v) is 5.63. The summed E-state index contributed by atoms with van der Waals surface area (Å²) in [5.41, 5.74) is -0.0806. The van der Waals surface area contributed by atoms with Crippen LogP contribution in [0.4, 0.5) is 0 Å². The van der Waals surface area contributed by atoms with Gasteiger partial charge in [-0.15, -0.1) is 0 Å². The predicted octanol–water partition coefficient (Wildman–Crippen LogP) is 1.02. The molecule has 0 radical (unpaired) electrons. The van der Waals surface area contributed by atoms with Crippen molar-refractivity contribution in [2.45, 2.75) is 18.4 Å². The first-order valence-electron chi connectivity index (χ1n) is 5.63. The highest BCUT2D eigenvalue weighted by Gasteiger charge is 2.46. The molecule has 1 aliphatic heterocycles. The average molecular weight is 230 g/mol. The summed E-state index contributed by atoms with van der Waals surface area (Å²) >= 11 is 0. The van der Waals surface area contributed by atoms with Crippen LogP contribution in [0.3, 0.4) is 0 Å². The Bertz CT molecular complexity index is 452. The van der Waals surface area contributed by atoms with E-state index in [2.05, 4.69) is 6.07 Å². The van der Waals surface area contributed by atoms with E-state index in [-0.39, 0.29) is 19.1 Å². The van der Waals surface area contributed by atoms with E-state index in [1.54, 1.807) is 0 Å². The monoisotopic (exact) mass is 230 g/mol. The average Bonchev–Trinajstić information content (AvgIpc) is 2.70. The molecular formula is C13H14N2O2. The fourth-order valence-electron chi connectivity index (χ4n) is 2.38. The van der Waals surface area contributed by atoms with Gasteiger partial charge in [-0.1, -0.05) is 30.3 Å². The van der Waals surface area contributed by atoms with Gasteiger partial charge in [0.25, 0.3) is 0 Å². The van der Waals surface area contributed by atoms with Crippen molar-refractivity contribution < 1.29 is 9.90 Å². The van der Waals surface area contributed by atoms with Gasteiger partial charge < -0.3 is 10.0 Å². The third kappa shape index (κ3) is 1.79. The van der Waals surface area contributed by atoms with E-state index in [4.69, 9.17) is 5.11 Å². The fraction of sp³-hybridized carbons (Fsp3) is 0.385. The van der Waals surface area contributed by atoms with Gasteiger partial charge in [-0.25, -0.2) is 0 Å². The number of aliphatic hydroxyl groups is 1. The summed E-state index contributed by atoms with van der Waals surface area (Å²) in [4.78, 5) is 13.3. The maximum absolute atomic E-state index is 11.8. The number of nitrogens with zero attached hydrogens (tertiary/aromatic N) is 2. The number of benzene rings is 1. The van der Waals surface area contributed by atoms with Gasteiger partial charge in [0, 0.05) is 13.0 Å². The van der Waals surface area contributed by atoms with Crippen LogP contribution in [0.1, 0.15) is 18.4 Å². The normalized spacial score (nSPS) is 23.8. The van der Waals surface area contributed by atoms with Crippen molar-refractivity contribution in [1.82, 2.24) is 4.90 Å². The van der Waals surface area contributed by atoms with E-state index in [1.165, 1.54) is 4.90 Å². The van der Waals surface area contributed by atoms with Gasteiger partial charge in [0.15, 0.2) is 5.54 Å². The predicted molar refractivity (Wildman–Crippen MR) is 61.8 cm³/mol. The number of likely N-dealkylation sites (tertiary alicyclic amines) is 1. The zero-order chi connectivity index (χ0) is 12.3. The molecule has 2 rings (SSSR count). The molecule has 0 bridgehead atoms. The number of amides is 1. The molecule has 0 unspecified atom stereocenters. The molecule has 88 valence electrons. The minimum absolute atomic E-state index is 0.0653. The summed E-state index contributed by atoms with van der Waals surface area (Å²) in [6.45, 7) is 0.0866. The van der Waals surface area contributed by atoms with Crippen LogP contribution >= 0.6 is 0 Å². The van der Waals surface area contributed by atoms with Crippen LogP contribution < -0.4 is 0 Å². The van der Waals surface area contributed by atoms with Crippen molar-refractivity contribution >= 4 is 5.91 Å². The van der Waals surface area contributed by atoms with Crippen LogP contribution in [-0.4, -0.2) is 29.1 Å². The smallest absolute Gasteiger partial charge is 0.224 e. The van der Waals surface area contributed by atoms with E-state index < -0.39 is 5.54 Å². The van der Waals surface area contributed by atoms with E-state index in [9.17, 15) is 10.1 Å². The van der Waals surface area contributed by atoms with E-state index in [0.29, 0.717) is 12.8 Å².